The Hall–Kier alpha value is -1.94. The third kappa shape index (κ3) is 5.42. The van der Waals surface area contributed by atoms with E-state index in [0.717, 1.165) is 37.1 Å². The molecule has 5 heteroatoms. The van der Waals surface area contributed by atoms with Crippen LogP contribution in [0.25, 0.3) is 0 Å². The Bertz CT molecular complexity index is 963. The third-order valence-electron chi connectivity index (χ3n) is 7.81. The number of allylic oxidation sites excluding steroid dienone is 2. The summed E-state index contributed by atoms with van der Waals surface area (Å²) in [5.41, 5.74) is 3.41. The Morgan fingerprint density at radius 3 is 2.70 bits per heavy atom. The number of rotatable bonds is 8. The lowest BCUT2D eigenvalue weighted by atomic mass is 9.66. The van der Waals surface area contributed by atoms with E-state index in [1.54, 1.807) is 0 Å². The van der Waals surface area contributed by atoms with Gasteiger partial charge < -0.3 is 22.3 Å². The fourth-order valence-corrected chi connectivity index (χ4v) is 5.78. The van der Waals surface area contributed by atoms with E-state index in [2.05, 4.69) is 62.5 Å². The van der Waals surface area contributed by atoms with E-state index in [9.17, 15) is 5.11 Å². The van der Waals surface area contributed by atoms with Crippen LogP contribution in [0, 0.1) is 5.92 Å². The van der Waals surface area contributed by atoms with Crippen molar-refractivity contribution in [2.24, 2.45) is 5.92 Å². The lowest BCUT2D eigenvalue weighted by Crippen LogP contribution is -3.00. The fraction of sp³-hybridized carbons (Fsp3) is 0.607. The first-order valence-electron chi connectivity index (χ1n) is 12.5. The number of aromatic amines is 1. The molecule has 2 aromatic rings. The first kappa shape index (κ1) is 25.7. The van der Waals surface area contributed by atoms with Crippen molar-refractivity contribution in [3.63, 3.8) is 0 Å². The van der Waals surface area contributed by atoms with E-state index in [0.29, 0.717) is 11.7 Å². The van der Waals surface area contributed by atoms with E-state index in [4.69, 9.17) is 4.74 Å². The number of phenols is 1. The molecule has 1 aromatic heterocycles. The molecule has 33 heavy (non-hydrogen) atoms. The van der Waals surface area contributed by atoms with Crippen LogP contribution in [-0.4, -0.2) is 15.7 Å². The number of aromatic nitrogens is 2. The summed E-state index contributed by atoms with van der Waals surface area (Å²) >= 11 is 0. The molecule has 4 nitrogen and oxygen atoms in total. The smallest absolute Gasteiger partial charge is 0.241 e. The summed E-state index contributed by atoms with van der Waals surface area (Å²) in [6.45, 7) is 12.2. The number of H-pyrrole nitrogens is 1. The highest BCUT2D eigenvalue weighted by Crippen LogP contribution is 2.55. The van der Waals surface area contributed by atoms with Crippen molar-refractivity contribution >= 4 is 0 Å². The maximum Gasteiger partial charge on any atom is 0.241 e. The van der Waals surface area contributed by atoms with Crippen molar-refractivity contribution in [1.29, 1.82) is 0 Å². The van der Waals surface area contributed by atoms with Gasteiger partial charge in [-0.2, -0.15) is 0 Å². The number of fused-ring (bicyclic) bond motifs is 3. The minimum atomic E-state index is -0.253. The molecule has 0 fully saturated rings. The maximum absolute atomic E-state index is 11.3. The zero-order chi connectivity index (χ0) is 22.9. The second kappa shape index (κ2) is 10.1. The number of hydrogen-bond donors (Lipinski definition) is 2. The highest BCUT2D eigenvalue weighted by atomic mass is 35.5. The van der Waals surface area contributed by atoms with Crippen LogP contribution in [0.15, 0.2) is 42.5 Å². The monoisotopic (exact) mass is 472 g/mol. The number of benzene rings is 1. The van der Waals surface area contributed by atoms with Gasteiger partial charge in [-0.15, -0.1) is 0 Å². The van der Waals surface area contributed by atoms with Gasteiger partial charge in [0.15, 0.2) is 0 Å². The van der Waals surface area contributed by atoms with Gasteiger partial charge in [-0.1, -0.05) is 52.5 Å². The second-order valence-corrected chi connectivity index (χ2v) is 11.1. The number of unbranched alkanes of at least 4 members (excludes halogenated alkanes) is 3. The van der Waals surface area contributed by atoms with Gasteiger partial charge in [0, 0.05) is 17.4 Å². The van der Waals surface area contributed by atoms with E-state index in [-0.39, 0.29) is 29.3 Å². The summed E-state index contributed by atoms with van der Waals surface area (Å²) in [6.07, 6.45) is 16.5. The summed E-state index contributed by atoms with van der Waals surface area (Å²) in [5, 5.41) is 11.3. The van der Waals surface area contributed by atoms with Crippen molar-refractivity contribution in [2.75, 3.05) is 0 Å². The Kier molecular flexibility index (Phi) is 7.88. The molecule has 182 valence electrons. The molecular weight excluding hydrogens is 432 g/mol. The highest BCUT2D eigenvalue weighted by molar-refractivity contribution is 5.54. The molecule has 2 heterocycles. The minimum absolute atomic E-state index is 0. The van der Waals surface area contributed by atoms with Gasteiger partial charge in [-0.3, -0.25) is 4.98 Å². The van der Waals surface area contributed by atoms with Gasteiger partial charge in [-0.25, -0.2) is 4.57 Å². The first-order chi connectivity index (χ1) is 15.2. The molecular formula is C28H41ClN2O2. The van der Waals surface area contributed by atoms with E-state index < -0.39 is 0 Å². The molecule has 0 spiro atoms. The summed E-state index contributed by atoms with van der Waals surface area (Å²) in [4.78, 5) is 3.13. The Morgan fingerprint density at radius 2 is 2.00 bits per heavy atom. The second-order valence-electron chi connectivity index (χ2n) is 11.1. The molecule has 2 unspecified atom stereocenters. The number of hydrogen-bond acceptors (Lipinski definition) is 2. The third-order valence-corrected chi connectivity index (χ3v) is 7.81. The van der Waals surface area contributed by atoms with Crippen LogP contribution in [0.4, 0.5) is 0 Å². The number of imidazole rings is 1. The van der Waals surface area contributed by atoms with Crippen LogP contribution in [0.3, 0.4) is 0 Å². The number of nitrogens with one attached hydrogen (secondary N) is 1. The molecule has 1 aliphatic carbocycles. The van der Waals surface area contributed by atoms with Crippen molar-refractivity contribution in [3.05, 3.63) is 53.6 Å². The van der Waals surface area contributed by atoms with Gasteiger partial charge in [-0.05, 0) is 61.8 Å². The maximum atomic E-state index is 11.3. The molecule has 2 N–H and O–H groups in total. The van der Waals surface area contributed by atoms with Crippen LogP contribution < -0.4 is 21.7 Å². The van der Waals surface area contributed by atoms with Crippen molar-refractivity contribution in [1.82, 2.24) is 4.98 Å². The Labute approximate surface area is 205 Å². The van der Waals surface area contributed by atoms with Gasteiger partial charge in [0.1, 0.15) is 36.0 Å². The molecule has 1 aromatic carbocycles. The van der Waals surface area contributed by atoms with Crippen molar-refractivity contribution < 1.29 is 26.8 Å². The molecule has 2 aliphatic rings. The number of aromatic hydroxyl groups is 1. The predicted molar refractivity (Wildman–Crippen MR) is 129 cm³/mol. The quantitative estimate of drug-likeness (QED) is 0.350. The first-order valence-corrected chi connectivity index (χ1v) is 12.5. The lowest BCUT2D eigenvalue weighted by Gasteiger charge is -2.47. The van der Waals surface area contributed by atoms with Crippen LogP contribution in [-0.2, 0) is 12.0 Å². The molecule has 0 bridgehead atoms. The van der Waals surface area contributed by atoms with Crippen LogP contribution in [0.2, 0.25) is 0 Å². The zero-order valence-corrected chi connectivity index (χ0v) is 21.7. The van der Waals surface area contributed by atoms with Crippen LogP contribution in [0.5, 0.6) is 11.5 Å². The van der Waals surface area contributed by atoms with Crippen molar-refractivity contribution in [3.8, 4) is 11.5 Å². The van der Waals surface area contributed by atoms with Gasteiger partial charge in [0.25, 0.3) is 0 Å². The van der Waals surface area contributed by atoms with Crippen molar-refractivity contribution in [2.45, 2.75) is 103 Å². The average molecular weight is 473 g/mol. The molecule has 2 atom stereocenters. The van der Waals surface area contributed by atoms with Gasteiger partial charge >= 0.3 is 0 Å². The van der Waals surface area contributed by atoms with Crippen LogP contribution >= 0.6 is 0 Å². The number of phenolic OH excluding ortho intramolecular Hbond substituents is 1. The van der Waals surface area contributed by atoms with Crippen LogP contribution in [0.1, 0.15) is 96.6 Å². The molecule has 0 amide bonds. The minimum Gasteiger partial charge on any atom is -1.00 e. The largest absolute Gasteiger partial charge is 1.00 e. The van der Waals surface area contributed by atoms with Gasteiger partial charge in [0.2, 0.25) is 6.33 Å². The molecule has 0 saturated carbocycles. The molecule has 0 radical (unpaired) electrons. The topological polar surface area (TPSA) is 49.1 Å². The fourth-order valence-electron chi connectivity index (χ4n) is 5.78. The number of nitrogens with zero attached hydrogens (tertiary/aromatic N) is 1. The number of halogens is 1. The summed E-state index contributed by atoms with van der Waals surface area (Å²) in [5.74, 6) is 1.97. The van der Waals surface area contributed by atoms with E-state index in [1.165, 1.54) is 36.8 Å². The van der Waals surface area contributed by atoms with E-state index in [1.807, 2.05) is 18.6 Å². The number of ether oxygens (including phenoxy) is 1. The summed E-state index contributed by atoms with van der Waals surface area (Å²) in [7, 11) is 0. The Balaban J connectivity index is 0.00000306. The highest BCUT2D eigenvalue weighted by Gasteiger charge is 2.46. The van der Waals surface area contributed by atoms with E-state index >= 15 is 0 Å². The zero-order valence-electron chi connectivity index (χ0n) is 21.0. The normalized spacial score (nSPS) is 21.3. The molecule has 1 aliphatic heterocycles. The average Bonchev–Trinajstić information content (AvgIpc) is 3.23. The molecule has 4 rings (SSSR count). The SMILES string of the molecule is CCCCCCC(C)(C)c1cc(O)c2c(c1)OC(C)(C)C1CC=C(C[n+]3cc[nH]c3)CC21.[Cl-]. The van der Waals surface area contributed by atoms with Gasteiger partial charge in [0.05, 0.1) is 0 Å². The standard InChI is InChI=1S/C28H40N2O2.ClH/c1-6-7-8-9-12-27(2,3)21-16-24(31)26-22-15-20(18-30-14-13-29-19-30)10-11-23(22)28(4,5)32-25(26)17-21;/h10,13-14,16-17,19,22-23,31H,6-9,11-12,15,18H2,1-5H3;1H. The predicted octanol–water partition coefficient (Wildman–Crippen LogP) is 3.55. The summed E-state index contributed by atoms with van der Waals surface area (Å²) < 4.78 is 8.77. The lowest BCUT2D eigenvalue weighted by molar-refractivity contribution is -0.688. The summed E-state index contributed by atoms with van der Waals surface area (Å²) in [6, 6.07) is 4.25. The Morgan fingerprint density at radius 1 is 1.21 bits per heavy atom. The molecule has 0 saturated heterocycles.